The Morgan fingerprint density at radius 1 is 1.20 bits per heavy atom. The van der Waals surface area contributed by atoms with Gasteiger partial charge in [0.15, 0.2) is 17.3 Å². The van der Waals surface area contributed by atoms with Crippen molar-refractivity contribution in [2.45, 2.75) is 51.6 Å². The summed E-state index contributed by atoms with van der Waals surface area (Å²) >= 11 is 0. The summed E-state index contributed by atoms with van der Waals surface area (Å²) in [7, 11) is 3.32. The molecule has 0 spiro atoms. The number of ether oxygens (including phenoxy) is 2. The molecule has 1 aliphatic heterocycles. The summed E-state index contributed by atoms with van der Waals surface area (Å²) in [5.41, 5.74) is 1.13. The van der Waals surface area contributed by atoms with E-state index in [9.17, 15) is 0 Å². The molecule has 0 radical (unpaired) electrons. The fourth-order valence-electron chi connectivity index (χ4n) is 3.25. The molecule has 1 aromatic heterocycles. The van der Waals surface area contributed by atoms with Crippen molar-refractivity contribution in [1.82, 2.24) is 15.0 Å². The van der Waals surface area contributed by atoms with Crippen molar-refractivity contribution in [3.05, 3.63) is 35.5 Å². The van der Waals surface area contributed by atoms with E-state index in [1.165, 1.54) is 5.56 Å². The van der Waals surface area contributed by atoms with Crippen molar-refractivity contribution in [3.63, 3.8) is 0 Å². The Morgan fingerprint density at radius 2 is 1.96 bits per heavy atom. The summed E-state index contributed by atoms with van der Waals surface area (Å²) in [6.45, 7) is 7.95. The summed E-state index contributed by atoms with van der Waals surface area (Å²) in [4.78, 5) is 6.96. The summed E-state index contributed by atoms with van der Waals surface area (Å²) in [6.07, 6.45) is 2.26. The van der Waals surface area contributed by atoms with Gasteiger partial charge >= 0.3 is 0 Å². The molecule has 1 saturated heterocycles. The van der Waals surface area contributed by atoms with Gasteiger partial charge in [-0.2, -0.15) is 4.98 Å². The number of aromatic nitrogens is 2. The summed E-state index contributed by atoms with van der Waals surface area (Å²) in [5, 5.41) is 4.13. The number of hydrogen-bond acceptors (Lipinski definition) is 6. The van der Waals surface area contributed by atoms with E-state index in [2.05, 4.69) is 47.9 Å². The zero-order valence-corrected chi connectivity index (χ0v) is 15.7. The molecule has 1 aromatic carbocycles. The standard InChI is InChI=1S/C19H27N3O3/c1-19(2,3)18-20-17(25-21-18)12-22-10-6-7-14(22)13-8-9-15(23-4)16(11-13)24-5/h8-9,11,14H,6-7,10,12H2,1-5H3/t14-/m1/s1. The third-order valence-electron chi connectivity index (χ3n) is 4.63. The van der Waals surface area contributed by atoms with Gasteiger partial charge in [-0.15, -0.1) is 0 Å². The SMILES string of the molecule is COc1ccc([C@H]2CCCN2Cc2nc(C(C)(C)C)no2)cc1OC. The molecule has 1 aliphatic rings. The lowest BCUT2D eigenvalue weighted by Gasteiger charge is -2.24. The summed E-state index contributed by atoms with van der Waals surface area (Å²) in [5.74, 6) is 2.95. The van der Waals surface area contributed by atoms with Crippen molar-refractivity contribution in [1.29, 1.82) is 0 Å². The minimum absolute atomic E-state index is 0.102. The Bertz CT molecular complexity index is 721. The molecule has 0 N–H and O–H groups in total. The van der Waals surface area contributed by atoms with E-state index in [0.29, 0.717) is 18.5 Å². The van der Waals surface area contributed by atoms with Crippen LogP contribution in [0.5, 0.6) is 11.5 Å². The Balaban J connectivity index is 1.78. The molecular formula is C19H27N3O3. The van der Waals surface area contributed by atoms with Gasteiger partial charge < -0.3 is 14.0 Å². The van der Waals surface area contributed by atoms with Crippen molar-refractivity contribution in [2.24, 2.45) is 0 Å². The van der Waals surface area contributed by atoms with E-state index in [1.807, 2.05) is 6.07 Å². The lowest BCUT2D eigenvalue weighted by Crippen LogP contribution is -2.23. The molecule has 0 amide bonds. The molecule has 0 bridgehead atoms. The minimum Gasteiger partial charge on any atom is -0.493 e. The Kier molecular flexibility index (Phi) is 4.99. The highest BCUT2D eigenvalue weighted by Crippen LogP contribution is 2.37. The Hall–Kier alpha value is -2.08. The van der Waals surface area contributed by atoms with E-state index in [1.54, 1.807) is 14.2 Å². The minimum atomic E-state index is -0.102. The van der Waals surface area contributed by atoms with Crippen LogP contribution in [-0.4, -0.2) is 35.8 Å². The first-order chi connectivity index (χ1) is 11.9. The van der Waals surface area contributed by atoms with Crippen LogP contribution in [0.2, 0.25) is 0 Å². The second kappa shape index (κ2) is 7.04. The zero-order chi connectivity index (χ0) is 18.0. The van der Waals surface area contributed by atoms with Crippen LogP contribution in [0.4, 0.5) is 0 Å². The number of methoxy groups -OCH3 is 2. The molecule has 2 aromatic rings. The van der Waals surface area contributed by atoms with Gasteiger partial charge in [0.05, 0.1) is 20.8 Å². The Labute approximate surface area is 149 Å². The third-order valence-corrected chi connectivity index (χ3v) is 4.63. The Morgan fingerprint density at radius 3 is 2.60 bits per heavy atom. The van der Waals surface area contributed by atoms with Gasteiger partial charge in [-0.1, -0.05) is 32.0 Å². The van der Waals surface area contributed by atoms with Crippen LogP contribution in [-0.2, 0) is 12.0 Å². The van der Waals surface area contributed by atoms with Crippen molar-refractivity contribution < 1.29 is 14.0 Å². The fourth-order valence-corrected chi connectivity index (χ4v) is 3.25. The second-order valence-corrected chi connectivity index (χ2v) is 7.50. The topological polar surface area (TPSA) is 60.6 Å². The van der Waals surface area contributed by atoms with Gasteiger partial charge in [-0.3, -0.25) is 4.90 Å². The monoisotopic (exact) mass is 345 g/mol. The van der Waals surface area contributed by atoms with Crippen LogP contribution < -0.4 is 9.47 Å². The molecule has 6 heteroatoms. The second-order valence-electron chi connectivity index (χ2n) is 7.50. The molecule has 0 saturated carbocycles. The number of hydrogen-bond donors (Lipinski definition) is 0. The van der Waals surface area contributed by atoms with E-state index >= 15 is 0 Å². The lowest BCUT2D eigenvalue weighted by atomic mass is 9.96. The van der Waals surface area contributed by atoms with Gasteiger partial charge in [-0.25, -0.2) is 0 Å². The number of benzene rings is 1. The number of likely N-dealkylation sites (tertiary alicyclic amines) is 1. The molecule has 25 heavy (non-hydrogen) atoms. The van der Waals surface area contributed by atoms with Crippen molar-refractivity contribution in [2.75, 3.05) is 20.8 Å². The van der Waals surface area contributed by atoms with Crippen molar-refractivity contribution in [3.8, 4) is 11.5 Å². The maximum atomic E-state index is 5.47. The maximum Gasteiger partial charge on any atom is 0.240 e. The van der Waals surface area contributed by atoms with Crippen LogP contribution in [0.25, 0.3) is 0 Å². The smallest absolute Gasteiger partial charge is 0.240 e. The summed E-state index contributed by atoms with van der Waals surface area (Å²) in [6, 6.07) is 6.47. The molecule has 136 valence electrons. The molecule has 1 atom stereocenters. The van der Waals surface area contributed by atoms with Crippen LogP contribution in [0.1, 0.15) is 56.9 Å². The average molecular weight is 345 g/mol. The normalized spacial score (nSPS) is 18.5. The molecule has 3 rings (SSSR count). The van der Waals surface area contributed by atoms with E-state index in [-0.39, 0.29) is 5.41 Å². The van der Waals surface area contributed by atoms with Gasteiger partial charge in [0.1, 0.15) is 0 Å². The largest absolute Gasteiger partial charge is 0.493 e. The van der Waals surface area contributed by atoms with Crippen molar-refractivity contribution >= 4 is 0 Å². The molecule has 1 fully saturated rings. The average Bonchev–Trinajstić information content (AvgIpc) is 3.23. The molecule has 0 unspecified atom stereocenters. The van der Waals surface area contributed by atoms with Gasteiger partial charge in [0.25, 0.3) is 0 Å². The van der Waals surface area contributed by atoms with Crippen LogP contribution in [0.15, 0.2) is 22.7 Å². The predicted octanol–water partition coefficient (Wildman–Crippen LogP) is 3.72. The van der Waals surface area contributed by atoms with Crippen LogP contribution in [0.3, 0.4) is 0 Å². The van der Waals surface area contributed by atoms with Gasteiger partial charge in [0, 0.05) is 11.5 Å². The fraction of sp³-hybridized carbons (Fsp3) is 0.579. The number of rotatable bonds is 5. The zero-order valence-electron chi connectivity index (χ0n) is 15.7. The van der Waals surface area contributed by atoms with E-state index in [4.69, 9.17) is 14.0 Å². The maximum absolute atomic E-state index is 5.47. The van der Waals surface area contributed by atoms with Gasteiger partial charge in [0.2, 0.25) is 5.89 Å². The molecule has 6 nitrogen and oxygen atoms in total. The lowest BCUT2D eigenvalue weighted by molar-refractivity contribution is 0.211. The summed E-state index contributed by atoms with van der Waals surface area (Å²) < 4.78 is 16.3. The predicted molar refractivity (Wildman–Crippen MR) is 94.9 cm³/mol. The van der Waals surface area contributed by atoms with Crippen LogP contribution >= 0.6 is 0 Å². The quantitative estimate of drug-likeness (QED) is 0.823. The van der Waals surface area contributed by atoms with E-state index < -0.39 is 0 Å². The van der Waals surface area contributed by atoms with E-state index in [0.717, 1.165) is 36.7 Å². The molecular weight excluding hydrogens is 318 g/mol. The highest BCUT2D eigenvalue weighted by atomic mass is 16.5. The van der Waals surface area contributed by atoms with Gasteiger partial charge in [-0.05, 0) is 37.1 Å². The first-order valence-corrected chi connectivity index (χ1v) is 8.71. The first kappa shape index (κ1) is 17.7. The first-order valence-electron chi connectivity index (χ1n) is 8.71. The highest BCUT2D eigenvalue weighted by molar-refractivity contribution is 5.44. The highest BCUT2D eigenvalue weighted by Gasteiger charge is 2.29. The third kappa shape index (κ3) is 3.79. The van der Waals surface area contributed by atoms with Crippen LogP contribution in [0, 0.1) is 0 Å². The molecule has 2 heterocycles. The number of nitrogens with zero attached hydrogens (tertiary/aromatic N) is 3. The molecule has 0 aliphatic carbocycles.